The number of ether oxygens (including phenoxy) is 1. The van der Waals surface area contributed by atoms with Gasteiger partial charge < -0.3 is 10.1 Å². The van der Waals surface area contributed by atoms with Gasteiger partial charge in [-0.15, -0.1) is 0 Å². The van der Waals surface area contributed by atoms with Crippen LogP contribution in [0, 0.1) is 5.41 Å². The second kappa shape index (κ2) is 9.03. The molecule has 1 rings (SSSR count). The lowest BCUT2D eigenvalue weighted by molar-refractivity contribution is 0.291. The third kappa shape index (κ3) is 7.46. The van der Waals surface area contributed by atoms with Gasteiger partial charge in [0.1, 0.15) is 0 Å². The molecule has 0 spiro atoms. The van der Waals surface area contributed by atoms with Crippen molar-refractivity contribution < 1.29 is 4.74 Å². The molecule has 0 unspecified atom stereocenters. The van der Waals surface area contributed by atoms with E-state index in [-0.39, 0.29) is 16.7 Å². The Labute approximate surface area is 132 Å². The van der Waals surface area contributed by atoms with Crippen molar-refractivity contribution in [3.8, 4) is 6.01 Å². The summed E-state index contributed by atoms with van der Waals surface area (Å²) < 4.78 is 5.40. The molecule has 6 heteroatoms. The lowest BCUT2D eigenvalue weighted by atomic mass is 9.87. The molecule has 1 heterocycles. The topological polar surface area (TPSA) is 59.9 Å². The van der Waals surface area contributed by atoms with E-state index in [0.29, 0.717) is 12.6 Å². The number of aromatic nitrogens is 3. The van der Waals surface area contributed by atoms with E-state index in [2.05, 4.69) is 41.0 Å². The fourth-order valence-electron chi connectivity index (χ4n) is 1.93. The third-order valence-corrected chi connectivity index (χ3v) is 3.37. The standard InChI is InChI=1S/C15H27ClN4O/c1-5-7-8-9-15(3,4)11-17-13-18-12(16)19-14(20-13)21-10-6-2/h5-11H2,1-4H3,(H,17,18,19,20). The fourth-order valence-corrected chi connectivity index (χ4v) is 2.08. The Morgan fingerprint density at radius 3 is 2.52 bits per heavy atom. The van der Waals surface area contributed by atoms with E-state index in [0.717, 1.165) is 13.0 Å². The minimum Gasteiger partial charge on any atom is -0.463 e. The Hall–Kier alpha value is -1.10. The molecule has 0 fully saturated rings. The van der Waals surface area contributed by atoms with Crippen molar-refractivity contribution in [1.82, 2.24) is 15.0 Å². The normalized spacial score (nSPS) is 11.5. The van der Waals surface area contributed by atoms with E-state index in [1.807, 2.05) is 6.92 Å². The zero-order valence-electron chi connectivity index (χ0n) is 13.6. The van der Waals surface area contributed by atoms with Crippen molar-refractivity contribution in [3.63, 3.8) is 0 Å². The summed E-state index contributed by atoms with van der Waals surface area (Å²) in [7, 11) is 0. The van der Waals surface area contributed by atoms with Gasteiger partial charge in [0.05, 0.1) is 6.61 Å². The molecule has 0 aliphatic rings. The Balaban J connectivity index is 2.55. The molecule has 0 bridgehead atoms. The molecule has 21 heavy (non-hydrogen) atoms. The minimum absolute atomic E-state index is 0.155. The number of halogens is 1. The van der Waals surface area contributed by atoms with E-state index >= 15 is 0 Å². The first-order valence-electron chi connectivity index (χ1n) is 7.75. The molecular formula is C15H27ClN4O. The average Bonchev–Trinajstić information content (AvgIpc) is 2.43. The van der Waals surface area contributed by atoms with Crippen molar-refractivity contribution in [2.75, 3.05) is 18.5 Å². The van der Waals surface area contributed by atoms with Crippen molar-refractivity contribution in [2.24, 2.45) is 5.41 Å². The van der Waals surface area contributed by atoms with Crippen LogP contribution in [0.2, 0.25) is 5.28 Å². The highest BCUT2D eigenvalue weighted by molar-refractivity contribution is 6.28. The van der Waals surface area contributed by atoms with Gasteiger partial charge in [-0.3, -0.25) is 0 Å². The van der Waals surface area contributed by atoms with Gasteiger partial charge in [-0.05, 0) is 29.9 Å². The molecule has 0 aliphatic carbocycles. The average molecular weight is 315 g/mol. The second-order valence-corrected chi connectivity index (χ2v) is 6.37. The monoisotopic (exact) mass is 314 g/mol. The summed E-state index contributed by atoms with van der Waals surface area (Å²) in [6.45, 7) is 10.1. The highest BCUT2D eigenvalue weighted by Crippen LogP contribution is 2.24. The quantitative estimate of drug-likeness (QED) is 0.651. The highest BCUT2D eigenvalue weighted by atomic mass is 35.5. The Morgan fingerprint density at radius 2 is 1.86 bits per heavy atom. The van der Waals surface area contributed by atoms with Crippen molar-refractivity contribution >= 4 is 17.5 Å². The maximum absolute atomic E-state index is 5.90. The van der Waals surface area contributed by atoms with Gasteiger partial charge in [0.2, 0.25) is 11.2 Å². The highest BCUT2D eigenvalue weighted by Gasteiger charge is 2.18. The van der Waals surface area contributed by atoms with Crippen LogP contribution in [0.4, 0.5) is 5.95 Å². The first kappa shape index (κ1) is 18.0. The Bertz CT molecular complexity index is 426. The molecule has 0 amide bonds. The van der Waals surface area contributed by atoms with Crippen LogP contribution in [0.15, 0.2) is 0 Å². The molecular weight excluding hydrogens is 288 g/mol. The van der Waals surface area contributed by atoms with Gasteiger partial charge in [0.25, 0.3) is 0 Å². The number of unbranched alkanes of at least 4 members (excludes halogenated alkanes) is 2. The van der Waals surface area contributed by atoms with E-state index < -0.39 is 0 Å². The second-order valence-electron chi connectivity index (χ2n) is 6.03. The van der Waals surface area contributed by atoms with E-state index in [1.165, 1.54) is 25.7 Å². The fraction of sp³-hybridized carbons (Fsp3) is 0.800. The Kier molecular flexibility index (Phi) is 7.72. The van der Waals surface area contributed by atoms with Gasteiger partial charge in [0, 0.05) is 6.54 Å². The zero-order chi connectivity index (χ0) is 15.7. The predicted molar refractivity (Wildman–Crippen MR) is 87.0 cm³/mol. The van der Waals surface area contributed by atoms with Crippen molar-refractivity contribution in [2.45, 2.75) is 59.8 Å². The molecule has 0 atom stereocenters. The number of nitrogens with one attached hydrogen (secondary N) is 1. The maximum Gasteiger partial charge on any atom is 0.322 e. The number of hydrogen-bond acceptors (Lipinski definition) is 5. The largest absolute Gasteiger partial charge is 0.463 e. The molecule has 1 aromatic heterocycles. The minimum atomic E-state index is 0.155. The summed E-state index contributed by atoms with van der Waals surface area (Å²) in [6, 6.07) is 0.281. The van der Waals surface area contributed by atoms with Crippen LogP contribution in [-0.4, -0.2) is 28.1 Å². The van der Waals surface area contributed by atoms with Crippen LogP contribution < -0.4 is 10.1 Å². The Morgan fingerprint density at radius 1 is 1.10 bits per heavy atom. The van der Waals surface area contributed by atoms with Crippen LogP contribution in [-0.2, 0) is 0 Å². The van der Waals surface area contributed by atoms with Crippen LogP contribution in [0.5, 0.6) is 6.01 Å². The van der Waals surface area contributed by atoms with Crippen LogP contribution in [0.25, 0.3) is 0 Å². The summed E-state index contributed by atoms with van der Waals surface area (Å²) >= 11 is 5.90. The molecule has 0 aliphatic heterocycles. The van der Waals surface area contributed by atoms with Crippen LogP contribution >= 0.6 is 11.6 Å². The van der Waals surface area contributed by atoms with Crippen LogP contribution in [0.3, 0.4) is 0 Å². The summed E-state index contributed by atoms with van der Waals surface area (Å²) in [4.78, 5) is 12.3. The zero-order valence-corrected chi connectivity index (χ0v) is 14.3. The summed E-state index contributed by atoms with van der Waals surface area (Å²) in [5.74, 6) is 0.477. The number of anilines is 1. The van der Waals surface area contributed by atoms with Gasteiger partial charge >= 0.3 is 6.01 Å². The maximum atomic E-state index is 5.90. The number of rotatable bonds is 10. The summed E-state index contributed by atoms with van der Waals surface area (Å²) in [6.07, 6.45) is 5.83. The predicted octanol–water partition coefficient (Wildman–Crippen LogP) is 4.33. The molecule has 0 aromatic carbocycles. The van der Waals surface area contributed by atoms with E-state index in [4.69, 9.17) is 16.3 Å². The molecule has 0 saturated heterocycles. The molecule has 1 N–H and O–H groups in total. The first-order chi connectivity index (χ1) is 9.96. The summed E-state index contributed by atoms with van der Waals surface area (Å²) in [5.41, 5.74) is 0.193. The van der Waals surface area contributed by atoms with Gasteiger partial charge in [-0.1, -0.05) is 47.0 Å². The van der Waals surface area contributed by atoms with Crippen molar-refractivity contribution in [1.29, 1.82) is 0 Å². The van der Waals surface area contributed by atoms with Gasteiger partial charge in [-0.2, -0.15) is 15.0 Å². The first-order valence-corrected chi connectivity index (χ1v) is 8.13. The third-order valence-electron chi connectivity index (χ3n) is 3.21. The van der Waals surface area contributed by atoms with Crippen molar-refractivity contribution in [3.05, 3.63) is 5.28 Å². The number of nitrogens with zero attached hydrogens (tertiary/aromatic N) is 3. The molecule has 0 saturated carbocycles. The lowest BCUT2D eigenvalue weighted by Crippen LogP contribution is -2.24. The SMILES string of the molecule is CCCCCC(C)(C)CNc1nc(Cl)nc(OCCC)n1. The van der Waals surface area contributed by atoms with Gasteiger partial charge in [0.15, 0.2) is 0 Å². The lowest BCUT2D eigenvalue weighted by Gasteiger charge is -2.24. The van der Waals surface area contributed by atoms with Gasteiger partial charge in [-0.25, -0.2) is 0 Å². The molecule has 120 valence electrons. The van der Waals surface area contributed by atoms with E-state index in [1.54, 1.807) is 0 Å². The number of hydrogen-bond donors (Lipinski definition) is 1. The summed E-state index contributed by atoms with van der Waals surface area (Å²) in [5, 5.41) is 3.40. The molecule has 0 radical (unpaired) electrons. The molecule has 5 nitrogen and oxygen atoms in total. The van der Waals surface area contributed by atoms with Crippen LogP contribution in [0.1, 0.15) is 59.8 Å². The van der Waals surface area contributed by atoms with E-state index in [9.17, 15) is 0 Å². The molecule has 1 aromatic rings. The smallest absolute Gasteiger partial charge is 0.322 e.